The number of hydrogen-bond acceptors (Lipinski definition) is 3. The van der Waals surface area contributed by atoms with Crippen molar-refractivity contribution in [2.75, 3.05) is 6.54 Å². The number of fused-ring (bicyclic) bond motifs is 1. The molecule has 5 heteroatoms. The molecule has 3 aromatic rings. The van der Waals surface area contributed by atoms with Gasteiger partial charge >= 0.3 is 0 Å². The Bertz CT molecular complexity index is 997. The Morgan fingerprint density at radius 1 is 1.00 bits per heavy atom. The van der Waals surface area contributed by atoms with Crippen molar-refractivity contribution in [3.8, 4) is 11.3 Å². The minimum Gasteiger partial charge on any atom is -0.335 e. The van der Waals surface area contributed by atoms with Crippen LogP contribution in [0.25, 0.3) is 11.3 Å². The van der Waals surface area contributed by atoms with Crippen LogP contribution >= 0.6 is 0 Å². The fraction of sp³-hybridized carbons (Fsp3) is 0.400. The van der Waals surface area contributed by atoms with E-state index < -0.39 is 0 Å². The number of nitrogens with zero attached hydrogens (tertiary/aromatic N) is 4. The van der Waals surface area contributed by atoms with E-state index >= 15 is 0 Å². The van der Waals surface area contributed by atoms with E-state index in [-0.39, 0.29) is 5.91 Å². The summed E-state index contributed by atoms with van der Waals surface area (Å²) in [4.78, 5) is 20.2. The number of rotatable bonds is 4. The summed E-state index contributed by atoms with van der Waals surface area (Å²) in [5, 5.41) is 4.82. The lowest BCUT2D eigenvalue weighted by molar-refractivity contribution is 0.0391. The lowest BCUT2D eigenvalue weighted by Crippen LogP contribution is -2.49. The zero-order valence-corrected chi connectivity index (χ0v) is 17.3. The Hall–Kier alpha value is -2.95. The summed E-state index contributed by atoms with van der Waals surface area (Å²) in [5.41, 5.74) is 3.50. The number of pyridine rings is 1. The van der Waals surface area contributed by atoms with Crippen LogP contribution in [-0.2, 0) is 6.54 Å². The van der Waals surface area contributed by atoms with Crippen molar-refractivity contribution in [2.45, 2.75) is 51.1 Å². The molecule has 0 spiro atoms. The van der Waals surface area contributed by atoms with E-state index in [0.29, 0.717) is 24.1 Å². The van der Waals surface area contributed by atoms with Crippen molar-refractivity contribution >= 4 is 5.91 Å². The maximum atomic E-state index is 13.8. The van der Waals surface area contributed by atoms with E-state index in [0.717, 1.165) is 30.6 Å². The fourth-order valence-corrected chi connectivity index (χ4v) is 5.18. The Labute approximate surface area is 177 Å². The van der Waals surface area contributed by atoms with E-state index in [1.807, 2.05) is 41.2 Å². The van der Waals surface area contributed by atoms with Gasteiger partial charge in [-0.05, 0) is 49.3 Å². The molecule has 0 radical (unpaired) electrons. The molecule has 1 aromatic carbocycles. The molecule has 2 atom stereocenters. The van der Waals surface area contributed by atoms with Crippen molar-refractivity contribution in [3.63, 3.8) is 0 Å². The van der Waals surface area contributed by atoms with Crippen molar-refractivity contribution in [2.24, 2.45) is 5.92 Å². The normalized spacial score (nSPS) is 21.3. The van der Waals surface area contributed by atoms with Gasteiger partial charge in [-0.25, -0.2) is 0 Å². The van der Waals surface area contributed by atoms with Crippen LogP contribution in [0.1, 0.15) is 54.4 Å². The molecule has 1 aliphatic heterocycles. The molecule has 5 rings (SSSR count). The third kappa shape index (κ3) is 3.76. The van der Waals surface area contributed by atoms with Crippen molar-refractivity contribution in [1.29, 1.82) is 0 Å². The summed E-state index contributed by atoms with van der Waals surface area (Å²) in [7, 11) is 0. The predicted octanol–water partition coefficient (Wildman–Crippen LogP) is 4.79. The maximum Gasteiger partial charge on any atom is 0.257 e. The fourth-order valence-electron chi connectivity index (χ4n) is 5.18. The van der Waals surface area contributed by atoms with Crippen LogP contribution in [0.15, 0.2) is 61.1 Å². The van der Waals surface area contributed by atoms with Crippen molar-refractivity contribution in [3.05, 3.63) is 72.2 Å². The Kier molecular flexibility index (Phi) is 5.35. The number of hydrogen-bond donors (Lipinski definition) is 0. The first kappa shape index (κ1) is 19.0. The van der Waals surface area contributed by atoms with E-state index in [1.54, 1.807) is 12.4 Å². The van der Waals surface area contributed by atoms with Gasteiger partial charge in [0.2, 0.25) is 0 Å². The zero-order valence-electron chi connectivity index (χ0n) is 17.3. The summed E-state index contributed by atoms with van der Waals surface area (Å²) in [6.07, 6.45) is 12.8. The first-order chi connectivity index (χ1) is 14.8. The average Bonchev–Trinajstić information content (AvgIpc) is 3.23. The van der Waals surface area contributed by atoms with Gasteiger partial charge in [0.15, 0.2) is 0 Å². The summed E-state index contributed by atoms with van der Waals surface area (Å²) in [5.74, 6) is 0.794. The Morgan fingerprint density at radius 2 is 1.83 bits per heavy atom. The highest BCUT2D eigenvalue weighted by molar-refractivity contribution is 6.00. The van der Waals surface area contributed by atoms with Crippen LogP contribution in [0, 0.1) is 5.92 Å². The van der Waals surface area contributed by atoms with Crippen LogP contribution in [0.5, 0.6) is 0 Å². The predicted molar refractivity (Wildman–Crippen MR) is 117 cm³/mol. The van der Waals surface area contributed by atoms with Crippen molar-refractivity contribution in [1.82, 2.24) is 19.7 Å². The molecule has 0 bridgehead atoms. The van der Waals surface area contributed by atoms with Gasteiger partial charge in [0.1, 0.15) is 5.69 Å². The first-order valence-corrected chi connectivity index (χ1v) is 11.1. The second-order valence-corrected chi connectivity index (χ2v) is 8.57. The molecule has 1 saturated heterocycles. The van der Waals surface area contributed by atoms with E-state index in [9.17, 15) is 4.79 Å². The third-order valence-corrected chi connectivity index (χ3v) is 6.62. The molecule has 1 amide bonds. The average molecular weight is 401 g/mol. The van der Waals surface area contributed by atoms with Crippen LogP contribution in [0.2, 0.25) is 0 Å². The highest BCUT2D eigenvalue weighted by Crippen LogP contribution is 2.36. The second kappa shape index (κ2) is 8.42. The number of likely N-dealkylation sites (tertiary alicyclic amines) is 1. The summed E-state index contributed by atoms with van der Waals surface area (Å²) in [6, 6.07) is 14.5. The molecule has 2 aromatic heterocycles. The van der Waals surface area contributed by atoms with Gasteiger partial charge < -0.3 is 4.90 Å². The van der Waals surface area contributed by atoms with Crippen LogP contribution in [0.3, 0.4) is 0 Å². The third-order valence-electron chi connectivity index (χ3n) is 6.62. The zero-order chi connectivity index (χ0) is 20.3. The minimum absolute atomic E-state index is 0.129. The second-order valence-electron chi connectivity index (χ2n) is 8.57. The van der Waals surface area contributed by atoms with Crippen LogP contribution < -0.4 is 0 Å². The molecule has 3 heterocycles. The molecular formula is C25H28N4O. The van der Waals surface area contributed by atoms with E-state index in [2.05, 4.69) is 22.0 Å². The molecule has 154 valence electrons. The SMILES string of the molecule is O=C(c1cn(Cc2ccccc2)nc1-c1cccnc1)N1CCC[C@@H]2CCCC[C@H]21. The smallest absolute Gasteiger partial charge is 0.257 e. The van der Waals surface area contributed by atoms with Gasteiger partial charge in [0, 0.05) is 36.7 Å². The molecular weight excluding hydrogens is 372 g/mol. The van der Waals surface area contributed by atoms with Gasteiger partial charge in [-0.2, -0.15) is 5.10 Å². The number of amides is 1. The monoisotopic (exact) mass is 400 g/mol. The molecule has 0 unspecified atom stereocenters. The van der Waals surface area contributed by atoms with E-state index in [1.165, 1.54) is 31.2 Å². The lowest BCUT2D eigenvalue weighted by Gasteiger charge is -2.44. The summed E-state index contributed by atoms with van der Waals surface area (Å²) >= 11 is 0. The van der Waals surface area contributed by atoms with Gasteiger partial charge in [0.25, 0.3) is 5.91 Å². The molecule has 1 saturated carbocycles. The minimum atomic E-state index is 0.129. The van der Waals surface area contributed by atoms with Crippen LogP contribution in [-0.4, -0.2) is 38.2 Å². The first-order valence-electron chi connectivity index (χ1n) is 11.1. The standard InChI is InChI=1S/C25H28N4O/c30-25(29-15-7-12-20-10-4-5-13-23(20)29)22-18-28(17-19-8-2-1-3-9-19)27-24(22)21-11-6-14-26-16-21/h1-3,6,8-9,11,14,16,18,20,23H,4-5,7,10,12-13,15,17H2/t20-,23+/m0/s1. The quantitative estimate of drug-likeness (QED) is 0.633. The summed E-state index contributed by atoms with van der Waals surface area (Å²) in [6.45, 7) is 1.50. The number of carbonyl (C=O) groups excluding carboxylic acids is 1. The highest BCUT2D eigenvalue weighted by atomic mass is 16.2. The molecule has 5 nitrogen and oxygen atoms in total. The lowest BCUT2D eigenvalue weighted by atomic mass is 9.78. The van der Waals surface area contributed by atoms with Crippen molar-refractivity contribution < 1.29 is 4.79 Å². The van der Waals surface area contributed by atoms with Crippen LogP contribution in [0.4, 0.5) is 0 Å². The van der Waals surface area contributed by atoms with Gasteiger partial charge in [-0.1, -0.05) is 43.2 Å². The maximum absolute atomic E-state index is 13.8. The largest absolute Gasteiger partial charge is 0.335 e. The molecule has 1 aliphatic carbocycles. The van der Waals surface area contributed by atoms with Gasteiger partial charge in [-0.15, -0.1) is 0 Å². The topological polar surface area (TPSA) is 51.0 Å². The van der Waals surface area contributed by atoms with Gasteiger partial charge in [-0.3, -0.25) is 14.5 Å². The number of carbonyl (C=O) groups is 1. The summed E-state index contributed by atoms with van der Waals surface area (Å²) < 4.78 is 1.90. The Morgan fingerprint density at radius 3 is 2.67 bits per heavy atom. The molecule has 2 fully saturated rings. The molecule has 2 aliphatic rings. The van der Waals surface area contributed by atoms with E-state index in [4.69, 9.17) is 5.10 Å². The Balaban J connectivity index is 1.50. The molecule has 30 heavy (non-hydrogen) atoms. The number of piperidine rings is 1. The molecule has 0 N–H and O–H groups in total. The highest BCUT2D eigenvalue weighted by Gasteiger charge is 2.37. The number of aromatic nitrogens is 3. The number of benzene rings is 1. The van der Waals surface area contributed by atoms with Gasteiger partial charge in [0.05, 0.1) is 12.1 Å².